The minimum Gasteiger partial charge on any atom is -0.361 e. The van der Waals surface area contributed by atoms with Crippen molar-refractivity contribution in [2.24, 2.45) is 0 Å². The summed E-state index contributed by atoms with van der Waals surface area (Å²) in [4.78, 5) is 31.5. The van der Waals surface area contributed by atoms with Crippen molar-refractivity contribution in [3.05, 3.63) is 71.8 Å². The molecule has 0 spiro atoms. The van der Waals surface area contributed by atoms with Gasteiger partial charge in [-0.05, 0) is 44.3 Å². The Morgan fingerprint density at radius 1 is 0.941 bits per heavy atom. The number of hydrogen-bond donors (Lipinski definition) is 2. The van der Waals surface area contributed by atoms with Crippen LogP contribution >= 0.6 is 0 Å². The number of aromatic amines is 1. The predicted molar refractivity (Wildman–Crippen MR) is 133 cm³/mol. The molecule has 2 aromatic carbocycles. The van der Waals surface area contributed by atoms with E-state index in [0.29, 0.717) is 28.6 Å². The highest BCUT2D eigenvalue weighted by Crippen LogP contribution is 2.39. The quantitative estimate of drug-likeness (QED) is 0.380. The van der Waals surface area contributed by atoms with Crippen LogP contribution in [0.5, 0.6) is 0 Å². The number of para-hydroxylation sites is 1. The number of halogens is 1. The molecule has 1 aliphatic rings. The van der Waals surface area contributed by atoms with Crippen molar-refractivity contribution in [3.63, 3.8) is 0 Å². The van der Waals surface area contributed by atoms with Gasteiger partial charge in [0.05, 0.1) is 16.7 Å². The summed E-state index contributed by atoms with van der Waals surface area (Å²) in [6, 6.07) is 12.5. The van der Waals surface area contributed by atoms with Crippen LogP contribution < -0.4 is 5.32 Å². The van der Waals surface area contributed by atoms with Crippen LogP contribution in [0, 0.1) is 5.82 Å². The van der Waals surface area contributed by atoms with E-state index in [2.05, 4.69) is 29.0 Å². The summed E-state index contributed by atoms with van der Waals surface area (Å²) in [6.07, 6.45) is 4.44. The molecule has 174 valence electrons. The van der Waals surface area contributed by atoms with Gasteiger partial charge in [-0.3, -0.25) is 14.9 Å². The van der Waals surface area contributed by atoms with Gasteiger partial charge in [-0.25, -0.2) is 4.39 Å². The van der Waals surface area contributed by atoms with Gasteiger partial charge < -0.3 is 14.5 Å². The lowest BCUT2D eigenvalue weighted by molar-refractivity contribution is -0.122. The van der Waals surface area contributed by atoms with E-state index < -0.39 is 17.6 Å². The molecular weight excluding hydrogens is 431 g/mol. The molecule has 7 heteroatoms. The van der Waals surface area contributed by atoms with Crippen LogP contribution in [0.1, 0.15) is 31.4 Å². The second kappa shape index (κ2) is 8.91. The first-order valence-corrected chi connectivity index (χ1v) is 11.7. The van der Waals surface area contributed by atoms with Crippen LogP contribution in [0.4, 0.5) is 4.39 Å². The Morgan fingerprint density at radius 3 is 2.44 bits per heavy atom. The van der Waals surface area contributed by atoms with Crippen molar-refractivity contribution in [2.45, 2.75) is 26.8 Å². The minimum absolute atomic E-state index is 0.215. The van der Waals surface area contributed by atoms with E-state index in [4.69, 9.17) is 0 Å². The second-order valence-electron chi connectivity index (χ2n) is 8.53. The zero-order chi connectivity index (χ0) is 23.8. The fraction of sp³-hybridized carbons (Fsp3) is 0.259. The third-order valence-corrected chi connectivity index (χ3v) is 6.68. The molecule has 3 heterocycles. The molecule has 34 heavy (non-hydrogen) atoms. The fourth-order valence-electron chi connectivity index (χ4n) is 4.94. The number of aryl methyl sites for hydroxylation is 1. The van der Waals surface area contributed by atoms with Gasteiger partial charge in [0, 0.05) is 46.4 Å². The molecule has 1 aliphatic heterocycles. The first-order chi connectivity index (χ1) is 16.5. The number of aromatic nitrogens is 2. The van der Waals surface area contributed by atoms with Crippen LogP contribution in [0.25, 0.3) is 33.0 Å². The number of hydrogen-bond acceptors (Lipinski definition) is 3. The predicted octanol–water partition coefficient (Wildman–Crippen LogP) is 4.56. The molecule has 0 saturated heterocycles. The number of amides is 2. The number of carbonyl (C=O) groups excluding carboxylic acids is 2. The molecule has 0 unspecified atom stereocenters. The summed E-state index contributed by atoms with van der Waals surface area (Å²) in [5.74, 6) is -1.38. The van der Waals surface area contributed by atoms with Gasteiger partial charge in [-0.1, -0.05) is 38.1 Å². The lowest BCUT2D eigenvalue weighted by Crippen LogP contribution is -2.24. The minimum atomic E-state index is -0.504. The largest absolute Gasteiger partial charge is 0.361 e. The van der Waals surface area contributed by atoms with E-state index in [0.717, 1.165) is 37.0 Å². The molecule has 0 aliphatic carbocycles. The monoisotopic (exact) mass is 458 g/mol. The van der Waals surface area contributed by atoms with Crippen LogP contribution in [-0.2, 0) is 16.1 Å². The maximum atomic E-state index is 15.2. The summed E-state index contributed by atoms with van der Waals surface area (Å²) in [7, 11) is 0. The molecule has 0 radical (unpaired) electrons. The zero-order valence-electron chi connectivity index (χ0n) is 19.3. The molecule has 0 saturated carbocycles. The normalized spacial score (nSPS) is 14.2. The Hall–Kier alpha value is -3.71. The number of H-pyrrole nitrogens is 1. The topological polar surface area (TPSA) is 70.1 Å². The van der Waals surface area contributed by atoms with Crippen LogP contribution in [-0.4, -0.2) is 45.9 Å². The van der Waals surface area contributed by atoms with Crippen LogP contribution in [0.2, 0.25) is 0 Å². The maximum Gasteiger partial charge on any atom is 0.259 e. The molecule has 4 aromatic rings. The Balaban J connectivity index is 1.66. The van der Waals surface area contributed by atoms with E-state index in [1.165, 1.54) is 6.07 Å². The van der Waals surface area contributed by atoms with Crippen molar-refractivity contribution in [1.29, 1.82) is 0 Å². The maximum absolute atomic E-state index is 15.2. The Bertz CT molecular complexity index is 1440. The molecule has 5 rings (SSSR count). The van der Waals surface area contributed by atoms with Crippen molar-refractivity contribution in [3.8, 4) is 0 Å². The third-order valence-electron chi connectivity index (χ3n) is 6.68. The number of imide groups is 1. The fourth-order valence-corrected chi connectivity index (χ4v) is 4.94. The number of carbonyl (C=O) groups is 2. The highest BCUT2D eigenvalue weighted by Gasteiger charge is 2.35. The zero-order valence-corrected chi connectivity index (χ0v) is 19.3. The van der Waals surface area contributed by atoms with Crippen LogP contribution in [0.3, 0.4) is 0 Å². The Morgan fingerprint density at radius 2 is 1.68 bits per heavy atom. The van der Waals surface area contributed by atoms with Gasteiger partial charge in [-0.2, -0.15) is 0 Å². The van der Waals surface area contributed by atoms with E-state index in [-0.39, 0.29) is 11.1 Å². The lowest BCUT2D eigenvalue weighted by atomic mass is 9.95. The molecular formula is C27H27FN4O2. The van der Waals surface area contributed by atoms with Crippen molar-refractivity contribution >= 4 is 44.8 Å². The van der Waals surface area contributed by atoms with Crippen molar-refractivity contribution < 1.29 is 14.0 Å². The first kappa shape index (κ1) is 22.1. The average Bonchev–Trinajstić information content (AvgIpc) is 3.50. The molecule has 2 aromatic heterocycles. The number of nitrogens with zero attached hydrogens (tertiary/aromatic N) is 2. The van der Waals surface area contributed by atoms with Crippen LogP contribution in [0.15, 0.2) is 54.9 Å². The highest BCUT2D eigenvalue weighted by atomic mass is 19.1. The average molecular weight is 459 g/mol. The van der Waals surface area contributed by atoms with Gasteiger partial charge in [0.25, 0.3) is 11.8 Å². The summed E-state index contributed by atoms with van der Waals surface area (Å²) < 4.78 is 17.1. The SMILES string of the molecule is CCN(CC)CCCn1cc(C2=C(c3c[nH]c4ccccc34)C(=O)NC2=O)c2c(F)cccc21. The highest BCUT2D eigenvalue weighted by molar-refractivity contribution is 6.50. The third kappa shape index (κ3) is 3.62. The summed E-state index contributed by atoms with van der Waals surface area (Å²) >= 11 is 0. The van der Waals surface area contributed by atoms with E-state index >= 15 is 4.39 Å². The van der Waals surface area contributed by atoms with Crippen molar-refractivity contribution in [2.75, 3.05) is 19.6 Å². The van der Waals surface area contributed by atoms with E-state index in [9.17, 15) is 9.59 Å². The van der Waals surface area contributed by atoms with Gasteiger partial charge in [0.1, 0.15) is 5.82 Å². The Kier molecular flexibility index (Phi) is 5.79. The lowest BCUT2D eigenvalue weighted by Gasteiger charge is -2.18. The molecule has 0 bridgehead atoms. The van der Waals surface area contributed by atoms with Gasteiger partial charge in [0.2, 0.25) is 0 Å². The standard InChI is InChI=1S/C27H27FN4O2/c1-3-31(4-2)13-8-14-32-16-19(23-20(28)10-7-12-22(23)32)25-24(26(33)30-27(25)34)18-15-29-21-11-6-5-9-17(18)21/h5-7,9-12,15-16,29H,3-4,8,13-14H2,1-2H3,(H,30,33,34). The number of nitrogens with one attached hydrogen (secondary N) is 2. The summed E-state index contributed by atoms with van der Waals surface area (Å²) in [5, 5.41) is 3.63. The Labute approximate surface area is 197 Å². The number of fused-ring (bicyclic) bond motifs is 2. The van der Waals surface area contributed by atoms with Gasteiger partial charge in [0.15, 0.2) is 0 Å². The molecule has 2 N–H and O–H groups in total. The van der Waals surface area contributed by atoms with E-state index in [1.807, 2.05) is 41.1 Å². The van der Waals surface area contributed by atoms with Gasteiger partial charge >= 0.3 is 0 Å². The molecule has 0 fully saturated rings. The van der Waals surface area contributed by atoms with E-state index in [1.54, 1.807) is 12.3 Å². The molecule has 0 atom stereocenters. The molecule has 2 amide bonds. The molecule has 6 nitrogen and oxygen atoms in total. The summed E-state index contributed by atoms with van der Waals surface area (Å²) in [5.41, 5.74) is 3.14. The second-order valence-corrected chi connectivity index (χ2v) is 8.53. The van der Waals surface area contributed by atoms with Crippen molar-refractivity contribution in [1.82, 2.24) is 19.8 Å². The van der Waals surface area contributed by atoms with Gasteiger partial charge in [-0.15, -0.1) is 0 Å². The first-order valence-electron chi connectivity index (χ1n) is 11.7. The number of rotatable bonds is 8. The number of benzene rings is 2. The smallest absolute Gasteiger partial charge is 0.259 e. The summed E-state index contributed by atoms with van der Waals surface area (Å²) in [6.45, 7) is 7.84.